The second-order valence-electron chi connectivity index (χ2n) is 3.78. The summed E-state index contributed by atoms with van der Waals surface area (Å²) >= 11 is 1.56. The first-order valence-electron chi connectivity index (χ1n) is 5.87. The van der Waals surface area contributed by atoms with Gasteiger partial charge in [-0.05, 0) is 30.8 Å². The van der Waals surface area contributed by atoms with Crippen molar-refractivity contribution < 1.29 is 4.39 Å². The summed E-state index contributed by atoms with van der Waals surface area (Å²) in [4.78, 5) is 5.99. The third-order valence-corrected chi connectivity index (χ3v) is 3.62. The number of nitrogens with zero attached hydrogens (tertiary/aromatic N) is 1. The van der Waals surface area contributed by atoms with Crippen molar-refractivity contribution in [3.63, 3.8) is 0 Å². The summed E-state index contributed by atoms with van der Waals surface area (Å²) in [7, 11) is 0. The number of aromatic nitrogens is 1. The predicted molar refractivity (Wildman–Crippen MR) is 72.1 cm³/mol. The zero-order valence-corrected chi connectivity index (χ0v) is 11.0. The standard InChI is InChI=1S/C14H15FN2S/c1-2-16-10-12-13(15)4-3-5-14(12)18-11-6-8-17-9-7-11/h3-9,16H,2,10H2,1H3. The molecule has 2 aromatic rings. The third-order valence-electron chi connectivity index (χ3n) is 2.51. The van der Waals surface area contributed by atoms with Crippen molar-refractivity contribution in [1.82, 2.24) is 10.3 Å². The number of nitrogens with one attached hydrogen (secondary N) is 1. The maximum Gasteiger partial charge on any atom is 0.128 e. The number of rotatable bonds is 5. The van der Waals surface area contributed by atoms with Gasteiger partial charge in [0.05, 0.1) is 0 Å². The van der Waals surface area contributed by atoms with Crippen LogP contribution in [0.15, 0.2) is 52.5 Å². The van der Waals surface area contributed by atoms with Gasteiger partial charge in [0.25, 0.3) is 0 Å². The highest BCUT2D eigenvalue weighted by atomic mass is 32.2. The van der Waals surface area contributed by atoms with Crippen LogP contribution in [-0.4, -0.2) is 11.5 Å². The van der Waals surface area contributed by atoms with E-state index in [1.807, 2.05) is 25.1 Å². The van der Waals surface area contributed by atoms with Crippen molar-refractivity contribution >= 4 is 11.8 Å². The summed E-state index contributed by atoms with van der Waals surface area (Å²) in [6.45, 7) is 3.39. The van der Waals surface area contributed by atoms with Gasteiger partial charge in [0.2, 0.25) is 0 Å². The van der Waals surface area contributed by atoms with Crippen LogP contribution in [0.5, 0.6) is 0 Å². The average Bonchev–Trinajstić information content (AvgIpc) is 2.39. The Morgan fingerprint density at radius 1 is 1.22 bits per heavy atom. The van der Waals surface area contributed by atoms with Crippen molar-refractivity contribution in [3.8, 4) is 0 Å². The molecule has 0 atom stereocenters. The van der Waals surface area contributed by atoms with Gasteiger partial charge in [-0.15, -0.1) is 0 Å². The van der Waals surface area contributed by atoms with Crippen molar-refractivity contribution in [2.45, 2.75) is 23.3 Å². The Balaban J connectivity index is 2.24. The molecule has 0 saturated carbocycles. The van der Waals surface area contributed by atoms with Crippen LogP contribution in [0.2, 0.25) is 0 Å². The molecule has 0 fully saturated rings. The highest BCUT2D eigenvalue weighted by Gasteiger charge is 2.09. The first-order chi connectivity index (χ1) is 8.81. The molecular weight excluding hydrogens is 247 g/mol. The van der Waals surface area contributed by atoms with E-state index in [9.17, 15) is 4.39 Å². The monoisotopic (exact) mass is 262 g/mol. The summed E-state index contributed by atoms with van der Waals surface area (Å²) in [5.74, 6) is -0.157. The van der Waals surface area contributed by atoms with Gasteiger partial charge >= 0.3 is 0 Å². The minimum Gasteiger partial charge on any atom is -0.313 e. The Morgan fingerprint density at radius 3 is 2.72 bits per heavy atom. The van der Waals surface area contributed by atoms with Gasteiger partial charge in [-0.3, -0.25) is 4.98 Å². The van der Waals surface area contributed by atoms with Crippen LogP contribution >= 0.6 is 11.8 Å². The van der Waals surface area contributed by atoms with Gasteiger partial charge in [-0.25, -0.2) is 4.39 Å². The smallest absolute Gasteiger partial charge is 0.128 e. The number of halogens is 1. The quantitative estimate of drug-likeness (QED) is 0.893. The van der Waals surface area contributed by atoms with Gasteiger partial charge < -0.3 is 5.32 Å². The van der Waals surface area contributed by atoms with Crippen molar-refractivity contribution in [2.75, 3.05) is 6.54 Å². The van der Waals surface area contributed by atoms with Crippen molar-refractivity contribution in [2.24, 2.45) is 0 Å². The lowest BCUT2D eigenvalue weighted by atomic mass is 10.2. The van der Waals surface area contributed by atoms with Crippen LogP contribution in [0.25, 0.3) is 0 Å². The molecule has 0 radical (unpaired) electrons. The molecule has 0 saturated heterocycles. The zero-order valence-electron chi connectivity index (χ0n) is 10.2. The second kappa shape index (κ2) is 6.52. The fraction of sp³-hybridized carbons (Fsp3) is 0.214. The molecule has 2 nitrogen and oxygen atoms in total. The summed E-state index contributed by atoms with van der Waals surface area (Å²) in [6.07, 6.45) is 3.48. The molecule has 1 heterocycles. The van der Waals surface area contributed by atoms with Crippen molar-refractivity contribution in [3.05, 3.63) is 54.1 Å². The van der Waals surface area contributed by atoms with Crippen molar-refractivity contribution in [1.29, 1.82) is 0 Å². The van der Waals surface area contributed by atoms with Gasteiger partial charge in [0.1, 0.15) is 5.82 Å². The summed E-state index contributed by atoms with van der Waals surface area (Å²) < 4.78 is 13.8. The molecule has 0 unspecified atom stereocenters. The van der Waals surface area contributed by atoms with Gasteiger partial charge in [-0.2, -0.15) is 0 Å². The molecule has 0 aliphatic heterocycles. The van der Waals surface area contributed by atoms with E-state index in [1.54, 1.807) is 30.2 Å². The number of pyridine rings is 1. The lowest BCUT2D eigenvalue weighted by Crippen LogP contribution is -2.13. The maximum atomic E-state index is 13.8. The largest absolute Gasteiger partial charge is 0.313 e. The Labute approximate surface area is 111 Å². The molecule has 0 bridgehead atoms. The van der Waals surface area contributed by atoms with Crippen LogP contribution in [-0.2, 0) is 6.54 Å². The Morgan fingerprint density at radius 2 is 2.00 bits per heavy atom. The van der Waals surface area contributed by atoms with Crippen LogP contribution in [0.4, 0.5) is 4.39 Å². The molecule has 0 aliphatic rings. The molecule has 1 aromatic carbocycles. The van der Waals surface area contributed by atoms with E-state index in [1.165, 1.54) is 6.07 Å². The number of hydrogen-bond acceptors (Lipinski definition) is 3. The molecule has 2 rings (SSSR count). The van der Waals surface area contributed by atoms with E-state index in [0.717, 1.165) is 21.9 Å². The number of benzene rings is 1. The van der Waals surface area contributed by atoms with Gasteiger partial charge in [0.15, 0.2) is 0 Å². The van der Waals surface area contributed by atoms with Crippen LogP contribution in [0, 0.1) is 5.82 Å². The van der Waals surface area contributed by atoms with Gasteiger partial charge in [-0.1, -0.05) is 24.8 Å². The minimum atomic E-state index is -0.157. The van der Waals surface area contributed by atoms with Crippen LogP contribution < -0.4 is 5.32 Å². The first kappa shape index (κ1) is 13.1. The lowest BCUT2D eigenvalue weighted by molar-refractivity contribution is 0.586. The van der Waals surface area contributed by atoms with E-state index in [-0.39, 0.29) is 5.82 Å². The summed E-state index contributed by atoms with van der Waals surface area (Å²) in [5.41, 5.74) is 0.723. The van der Waals surface area contributed by atoms with E-state index >= 15 is 0 Å². The van der Waals surface area contributed by atoms with E-state index < -0.39 is 0 Å². The van der Waals surface area contributed by atoms with E-state index in [4.69, 9.17) is 0 Å². The molecule has 1 aromatic heterocycles. The SMILES string of the molecule is CCNCc1c(F)cccc1Sc1ccncc1. The van der Waals surface area contributed by atoms with Crippen LogP contribution in [0.3, 0.4) is 0 Å². The van der Waals surface area contributed by atoms with E-state index in [2.05, 4.69) is 10.3 Å². The van der Waals surface area contributed by atoms with Gasteiger partial charge in [0, 0.05) is 34.3 Å². The molecule has 18 heavy (non-hydrogen) atoms. The predicted octanol–water partition coefficient (Wildman–Crippen LogP) is 3.48. The Kier molecular flexibility index (Phi) is 4.73. The Hall–Kier alpha value is -1.39. The second-order valence-corrected chi connectivity index (χ2v) is 4.90. The Bertz CT molecular complexity index is 502. The molecular formula is C14H15FN2S. The molecule has 1 N–H and O–H groups in total. The highest BCUT2D eigenvalue weighted by Crippen LogP contribution is 2.31. The number of hydrogen-bond donors (Lipinski definition) is 1. The fourth-order valence-electron chi connectivity index (χ4n) is 1.59. The normalized spacial score (nSPS) is 10.6. The summed E-state index contributed by atoms with van der Waals surface area (Å²) in [6, 6.07) is 9.04. The molecule has 0 amide bonds. The molecule has 0 aliphatic carbocycles. The highest BCUT2D eigenvalue weighted by molar-refractivity contribution is 7.99. The maximum absolute atomic E-state index is 13.8. The molecule has 0 spiro atoms. The third kappa shape index (κ3) is 3.31. The average molecular weight is 262 g/mol. The summed E-state index contributed by atoms with van der Waals surface area (Å²) in [5, 5.41) is 3.17. The minimum absolute atomic E-state index is 0.157. The zero-order chi connectivity index (χ0) is 12.8. The first-order valence-corrected chi connectivity index (χ1v) is 6.69. The topological polar surface area (TPSA) is 24.9 Å². The fourth-order valence-corrected chi connectivity index (χ4v) is 2.54. The molecule has 94 valence electrons. The van der Waals surface area contributed by atoms with Crippen LogP contribution in [0.1, 0.15) is 12.5 Å². The lowest BCUT2D eigenvalue weighted by Gasteiger charge is -2.10. The molecule has 4 heteroatoms. The van der Waals surface area contributed by atoms with E-state index in [0.29, 0.717) is 6.54 Å².